The number of fused-ring (bicyclic) bond motifs is 1. The zero-order valence-corrected chi connectivity index (χ0v) is 23.8. The van der Waals surface area contributed by atoms with E-state index in [2.05, 4.69) is 11.9 Å². The topological polar surface area (TPSA) is 88.4 Å². The first-order chi connectivity index (χ1) is 18.9. The van der Waals surface area contributed by atoms with Crippen LogP contribution in [0.25, 0.3) is 6.08 Å². The number of benzene rings is 2. The number of unbranched alkanes of at least 4 members (excludes halogenated alkanes) is 1. The Morgan fingerprint density at radius 2 is 1.85 bits per heavy atom. The van der Waals surface area contributed by atoms with Crippen molar-refractivity contribution in [2.45, 2.75) is 46.6 Å². The van der Waals surface area contributed by atoms with E-state index >= 15 is 0 Å². The van der Waals surface area contributed by atoms with E-state index in [0.29, 0.717) is 56.6 Å². The molecule has 0 radical (unpaired) electrons. The average Bonchev–Trinajstić information content (AvgIpc) is 3.23. The van der Waals surface area contributed by atoms with Crippen molar-refractivity contribution in [3.8, 4) is 17.2 Å². The number of aromatic nitrogens is 1. The van der Waals surface area contributed by atoms with Crippen LogP contribution in [-0.2, 0) is 9.53 Å². The summed E-state index contributed by atoms with van der Waals surface area (Å²) in [6.45, 7) is 8.81. The lowest BCUT2D eigenvalue weighted by molar-refractivity contribution is -0.139. The highest BCUT2D eigenvalue weighted by atomic mass is 32.1. The summed E-state index contributed by atoms with van der Waals surface area (Å²) in [5.41, 5.74) is 2.04. The fourth-order valence-corrected chi connectivity index (χ4v) is 5.47. The van der Waals surface area contributed by atoms with Gasteiger partial charge >= 0.3 is 5.97 Å². The maximum absolute atomic E-state index is 13.9. The van der Waals surface area contributed by atoms with Crippen LogP contribution in [0.3, 0.4) is 0 Å². The molecule has 8 nitrogen and oxygen atoms in total. The van der Waals surface area contributed by atoms with E-state index in [9.17, 15) is 9.59 Å². The van der Waals surface area contributed by atoms with E-state index in [4.69, 9.17) is 18.9 Å². The van der Waals surface area contributed by atoms with Crippen molar-refractivity contribution in [3.05, 3.63) is 84.5 Å². The molecule has 1 atom stereocenters. The Morgan fingerprint density at radius 1 is 1.05 bits per heavy atom. The number of carbonyl (C=O) groups is 1. The molecule has 0 fully saturated rings. The number of thiazole rings is 1. The fraction of sp³-hybridized carbons (Fsp3) is 0.367. The second kappa shape index (κ2) is 12.8. The molecule has 39 heavy (non-hydrogen) atoms. The smallest absolute Gasteiger partial charge is 0.338 e. The fourth-order valence-electron chi connectivity index (χ4n) is 4.43. The Kier molecular flexibility index (Phi) is 9.24. The number of hydrogen-bond donors (Lipinski definition) is 0. The van der Waals surface area contributed by atoms with E-state index in [1.807, 2.05) is 49.4 Å². The summed E-state index contributed by atoms with van der Waals surface area (Å²) >= 11 is 1.27. The molecular weight excluding hydrogens is 516 g/mol. The van der Waals surface area contributed by atoms with Gasteiger partial charge in [-0.1, -0.05) is 48.9 Å². The minimum absolute atomic E-state index is 0.203. The Morgan fingerprint density at radius 3 is 2.56 bits per heavy atom. The lowest BCUT2D eigenvalue weighted by Crippen LogP contribution is -2.40. The highest BCUT2D eigenvalue weighted by Crippen LogP contribution is 2.36. The lowest BCUT2D eigenvalue weighted by Gasteiger charge is -2.25. The van der Waals surface area contributed by atoms with Crippen molar-refractivity contribution in [1.29, 1.82) is 0 Å². The first kappa shape index (κ1) is 28.2. The molecule has 2 heterocycles. The van der Waals surface area contributed by atoms with Gasteiger partial charge in [0.1, 0.15) is 5.75 Å². The third-order valence-corrected chi connectivity index (χ3v) is 7.26. The van der Waals surface area contributed by atoms with Crippen LogP contribution in [0.1, 0.15) is 57.7 Å². The summed E-state index contributed by atoms with van der Waals surface area (Å²) in [4.78, 5) is 32.3. The highest BCUT2D eigenvalue weighted by Gasteiger charge is 2.34. The number of rotatable bonds is 11. The molecule has 206 valence electrons. The van der Waals surface area contributed by atoms with Gasteiger partial charge in [0.25, 0.3) is 5.56 Å². The molecule has 1 aliphatic rings. The Bertz CT molecular complexity index is 1550. The van der Waals surface area contributed by atoms with Gasteiger partial charge in [-0.2, -0.15) is 0 Å². The molecule has 4 rings (SSSR count). The van der Waals surface area contributed by atoms with Gasteiger partial charge in [-0.15, -0.1) is 0 Å². The molecular formula is C30H34N2O6S. The number of nitrogens with zero attached hydrogens (tertiary/aromatic N) is 2. The maximum Gasteiger partial charge on any atom is 0.338 e. The van der Waals surface area contributed by atoms with Crippen molar-refractivity contribution in [1.82, 2.24) is 4.57 Å². The van der Waals surface area contributed by atoms with Gasteiger partial charge in [0.05, 0.1) is 48.8 Å². The maximum atomic E-state index is 13.9. The van der Waals surface area contributed by atoms with Gasteiger partial charge in [0.15, 0.2) is 16.3 Å². The van der Waals surface area contributed by atoms with E-state index in [1.54, 1.807) is 31.6 Å². The molecule has 3 aromatic rings. The monoisotopic (exact) mass is 550 g/mol. The van der Waals surface area contributed by atoms with Crippen LogP contribution >= 0.6 is 11.3 Å². The number of para-hydroxylation sites is 1. The lowest BCUT2D eigenvalue weighted by atomic mass is 9.95. The van der Waals surface area contributed by atoms with E-state index < -0.39 is 12.0 Å². The van der Waals surface area contributed by atoms with Gasteiger partial charge < -0.3 is 18.9 Å². The van der Waals surface area contributed by atoms with E-state index in [1.165, 1.54) is 11.3 Å². The van der Waals surface area contributed by atoms with Crippen LogP contribution in [0.2, 0.25) is 0 Å². The van der Waals surface area contributed by atoms with Crippen molar-refractivity contribution in [2.75, 3.05) is 26.9 Å². The molecule has 0 amide bonds. The van der Waals surface area contributed by atoms with Crippen LogP contribution < -0.4 is 29.1 Å². The van der Waals surface area contributed by atoms with Crippen LogP contribution in [0.4, 0.5) is 0 Å². The Labute approximate surface area is 231 Å². The van der Waals surface area contributed by atoms with Gasteiger partial charge in [0, 0.05) is 5.56 Å². The minimum Gasteiger partial charge on any atom is -0.493 e. The summed E-state index contributed by atoms with van der Waals surface area (Å²) in [6.07, 6.45) is 3.74. The van der Waals surface area contributed by atoms with Crippen LogP contribution in [0.15, 0.2) is 63.5 Å². The van der Waals surface area contributed by atoms with Crippen molar-refractivity contribution in [3.63, 3.8) is 0 Å². The molecule has 0 spiro atoms. The zero-order chi connectivity index (χ0) is 27.9. The quantitative estimate of drug-likeness (QED) is 0.260. The predicted molar refractivity (Wildman–Crippen MR) is 151 cm³/mol. The van der Waals surface area contributed by atoms with Crippen LogP contribution in [0, 0.1) is 0 Å². The SMILES string of the molecule is CCCCOc1ccc(C2C(C(=O)OCC)=C(C)N=c3s/c(=C/c4ccccc4OCC)c(=O)n32)cc1OC. The molecule has 1 aromatic heterocycles. The molecule has 1 aliphatic heterocycles. The van der Waals surface area contributed by atoms with Crippen molar-refractivity contribution < 1.29 is 23.7 Å². The van der Waals surface area contributed by atoms with Crippen molar-refractivity contribution >= 4 is 23.4 Å². The number of carbonyl (C=O) groups excluding carboxylic acids is 1. The number of ether oxygens (including phenoxy) is 4. The average molecular weight is 551 g/mol. The molecule has 0 saturated carbocycles. The molecule has 0 N–H and O–H groups in total. The zero-order valence-electron chi connectivity index (χ0n) is 23.0. The Balaban J connectivity index is 1.90. The molecule has 1 unspecified atom stereocenters. The van der Waals surface area contributed by atoms with Crippen LogP contribution in [-0.4, -0.2) is 37.5 Å². The normalized spacial score (nSPS) is 15.0. The van der Waals surface area contributed by atoms with Gasteiger partial charge in [-0.25, -0.2) is 9.79 Å². The van der Waals surface area contributed by atoms with E-state index in [0.717, 1.165) is 18.4 Å². The third kappa shape index (κ3) is 5.93. The molecule has 0 bridgehead atoms. The van der Waals surface area contributed by atoms with Crippen LogP contribution in [0.5, 0.6) is 17.2 Å². The number of esters is 1. The number of hydrogen-bond acceptors (Lipinski definition) is 8. The summed E-state index contributed by atoms with van der Waals surface area (Å²) in [5.74, 6) is 1.30. The van der Waals surface area contributed by atoms with Crippen molar-refractivity contribution in [2.24, 2.45) is 4.99 Å². The standard InChI is InChI=1S/C30H34N2O6S/c1-6-9-16-38-23-15-14-21(17-24(23)35-5)27-26(29(34)37-8-3)19(4)31-30-32(27)28(33)25(39-30)18-20-12-10-11-13-22(20)36-7-2/h10-15,17-18,27H,6-9,16H2,1-5H3/b25-18+. The third-order valence-electron chi connectivity index (χ3n) is 6.28. The second-order valence-electron chi connectivity index (χ2n) is 8.89. The molecule has 0 saturated heterocycles. The second-order valence-corrected chi connectivity index (χ2v) is 9.89. The summed E-state index contributed by atoms with van der Waals surface area (Å²) < 4.78 is 24.7. The molecule has 2 aromatic carbocycles. The number of methoxy groups -OCH3 is 1. The number of allylic oxidation sites excluding steroid dienone is 1. The highest BCUT2D eigenvalue weighted by molar-refractivity contribution is 7.07. The summed E-state index contributed by atoms with van der Waals surface area (Å²) in [7, 11) is 1.57. The summed E-state index contributed by atoms with van der Waals surface area (Å²) in [6, 6.07) is 12.3. The molecule has 9 heteroatoms. The predicted octanol–water partition coefficient (Wildman–Crippen LogP) is 4.38. The van der Waals surface area contributed by atoms with Gasteiger partial charge in [0.2, 0.25) is 0 Å². The van der Waals surface area contributed by atoms with Gasteiger partial charge in [-0.05, 0) is 57.0 Å². The summed E-state index contributed by atoms with van der Waals surface area (Å²) in [5, 5.41) is 0. The largest absolute Gasteiger partial charge is 0.493 e. The minimum atomic E-state index is -0.747. The first-order valence-electron chi connectivity index (χ1n) is 13.2. The first-order valence-corrected chi connectivity index (χ1v) is 14.0. The molecule has 0 aliphatic carbocycles. The Hall–Kier alpha value is -3.85. The van der Waals surface area contributed by atoms with E-state index in [-0.39, 0.29) is 12.2 Å². The van der Waals surface area contributed by atoms with Gasteiger partial charge in [-0.3, -0.25) is 9.36 Å².